The largest absolute Gasteiger partial charge is 0.399 e. The Morgan fingerprint density at radius 3 is 2.67 bits per heavy atom. The fraction of sp³-hybridized carbons (Fsp3) is 0.600. The number of halogens is 1. The summed E-state index contributed by atoms with van der Waals surface area (Å²) in [6.45, 7) is 6.68. The van der Waals surface area contributed by atoms with Crippen LogP contribution < -0.4 is 5.73 Å². The van der Waals surface area contributed by atoms with Gasteiger partial charge >= 0.3 is 0 Å². The molecule has 1 fully saturated rings. The highest BCUT2D eigenvalue weighted by atomic mass is 35.5. The molecule has 100 valence electrons. The van der Waals surface area contributed by atoms with Gasteiger partial charge in [-0.1, -0.05) is 31.5 Å². The highest BCUT2D eigenvalue weighted by Crippen LogP contribution is 2.30. The van der Waals surface area contributed by atoms with Crippen LogP contribution in [-0.2, 0) is 6.54 Å². The van der Waals surface area contributed by atoms with Crippen LogP contribution in [0.25, 0.3) is 0 Å². The molecule has 0 heterocycles. The maximum atomic E-state index is 6.25. The molecule has 0 amide bonds. The molecular weight excluding hydrogens is 244 g/mol. The number of nitrogens with zero attached hydrogens (tertiary/aromatic N) is 1. The van der Waals surface area contributed by atoms with Gasteiger partial charge in [0.25, 0.3) is 0 Å². The van der Waals surface area contributed by atoms with Crippen LogP contribution in [0.2, 0.25) is 5.02 Å². The third-order valence-electron chi connectivity index (χ3n) is 3.51. The Kier molecular flexibility index (Phi) is 4.52. The molecule has 2 nitrogen and oxygen atoms in total. The molecule has 0 spiro atoms. The lowest BCUT2D eigenvalue weighted by molar-refractivity contribution is 0.239. The van der Waals surface area contributed by atoms with Crippen molar-refractivity contribution in [2.75, 3.05) is 12.3 Å². The minimum atomic E-state index is 0.740. The van der Waals surface area contributed by atoms with E-state index in [-0.39, 0.29) is 0 Å². The van der Waals surface area contributed by atoms with Gasteiger partial charge < -0.3 is 5.73 Å². The van der Waals surface area contributed by atoms with Crippen molar-refractivity contribution in [3.05, 3.63) is 28.8 Å². The van der Waals surface area contributed by atoms with E-state index in [1.807, 2.05) is 12.1 Å². The van der Waals surface area contributed by atoms with E-state index in [1.165, 1.54) is 31.4 Å². The zero-order chi connectivity index (χ0) is 13.1. The van der Waals surface area contributed by atoms with Crippen LogP contribution in [-0.4, -0.2) is 17.5 Å². The molecule has 0 radical (unpaired) electrons. The highest BCUT2D eigenvalue weighted by molar-refractivity contribution is 6.31. The SMILES string of the molecule is CC(C)CCN(Cc1ccc(N)cc1Cl)C1CC1. The van der Waals surface area contributed by atoms with E-state index >= 15 is 0 Å². The summed E-state index contributed by atoms with van der Waals surface area (Å²) >= 11 is 6.25. The molecule has 1 aliphatic carbocycles. The summed E-state index contributed by atoms with van der Waals surface area (Å²) in [5.41, 5.74) is 7.67. The van der Waals surface area contributed by atoms with E-state index in [9.17, 15) is 0 Å². The minimum Gasteiger partial charge on any atom is -0.399 e. The van der Waals surface area contributed by atoms with Crippen molar-refractivity contribution >= 4 is 17.3 Å². The zero-order valence-corrected chi connectivity index (χ0v) is 12.1. The number of hydrogen-bond donors (Lipinski definition) is 1. The van der Waals surface area contributed by atoms with E-state index in [4.69, 9.17) is 17.3 Å². The third-order valence-corrected chi connectivity index (χ3v) is 3.86. The summed E-state index contributed by atoms with van der Waals surface area (Å²) < 4.78 is 0. The predicted octanol–water partition coefficient (Wildman–Crippen LogP) is 3.93. The molecule has 0 saturated heterocycles. The van der Waals surface area contributed by atoms with Crippen LogP contribution >= 0.6 is 11.6 Å². The summed E-state index contributed by atoms with van der Waals surface area (Å²) in [5.74, 6) is 0.758. The molecule has 0 atom stereocenters. The van der Waals surface area contributed by atoms with Gasteiger partial charge in [0, 0.05) is 23.3 Å². The maximum Gasteiger partial charge on any atom is 0.0471 e. The monoisotopic (exact) mass is 266 g/mol. The number of rotatable bonds is 6. The Hall–Kier alpha value is -0.730. The van der Waals surface area contributed by atoms with Crippen molar-refractivity contribution in [3.63, 3.8) is 0 Å². The molecule has 0 unspecified atom stereocenters. The highest BCUT2D eigenvalue weighted by Gasteiger charge is 2.29. The predicted molar refractivity (Wildman–Crippen MR) is 78.8 cm³/mol. The Bertz CT molecular complexity index is 399. The van der Waals surface area contributed by atoms with Gasteiger partial charge in [-0.3, -0.25) is 4.90 Å². The van der Waals surface area contributed by atoms with Crippen LogP contribution in [0.15, 0.2) is 18.2 Å². The smallest absolute Gasteiger partial charge is 0.0471 e. The lowest BCUT2D eigenvalue weighted by Gasteiger charge is -2.23. The van der Waals surface area contributed by atoms with Crippen molar-refractivity contribution in [2.45, 2.75) is 45.7 Å². The minimum absolute atomic E-state index is 0.740. The Morgan fingerprint density at radius 2 is 2.11 bits per heavy atom. The second kappa shape index (κ2) is 5.94. The number of benzene rings is 1. The molecule has 1 saturated carbocycles. The normalized spacial score (nSPS) is 15.6. The van der Waals surface area contributed by atoms with E-state index in [1.54, 1.807) is 0 Å². The second-order valence-corrected chi connectivity index (χ2v) is 6.14. The zero-order valence-electron chi connectivity index (χ0n) is 11.3. The average Bonchev–Trinajstić information content (AvgIpc) is 3.10. The fourth-order valence-corrected chi connectivity index (χ4v) is 2.41. The second-order valence-electron chi connectivity index (χ2n) is 5.74. The van der Waals surface area contributed by atoms with Crippen LogP contribution in [0.5, 0.6) is 0 Å². The van der Waals surface area contributed by atoms with Gasteiger partial charge in [-0.05, 0) is 49.4 Å². The first-order chi connectivity index (χ1) is 8.56. The van der Waals surface area contributed by atoms with Gasteiger partial charge in [0.05, 0.1) is 0 Å². The quantitative estimate of drug-likeness (QED) is 0.791. The molecular formula is C15H23ClN2. The van der Waals surface area contributed by atoms with Crippen molar-refractivity contribution < 1.29 is 0 Å². The van der Waals surface area contributed by atoms with Crippen molar-refractivity contribution in [2.24, 2.45) is 5.92 Å². The summed E-state index contributed by atoms with van der Waals surface area (Å²) in [7, 11) is 0. The topological polar surface area (TPSA) is 29.3 Å². The lowest BCUT2D eigenvalue weighted by Crippen LogP contribution is -2.27. The number of nitrogen functional groups attached to an aromatic ring is 1. The first-order valence-corrected chi connectivity index (χ1v) is 7.22. The summed E-state index contributed by atoms with van der Waals surface area (Å²) in [5, 5.41) is 0.796. The van der Waals surface area contributed by atoms with Crippen LogP contribution in [0.3, 0.4) is 0 Å². The molecule has 2 rings (SSSR count). The van der Waals surface area contributed by atoms with Crippen molar-refractivity contribution in [1.82, 2.24) is 4.90 Å². The fourth-order valence-electron chi connectivity index (χ4n) is 2.17. The van der Waals surface area contributed by atoms with Gasteiger partial charge in [-0.25, -0.2) is 0 Å². The molecule has 1 aromatic carbocycles. The molecule has 0 aromatic heterocycles. The van der Waals surface area contributed by atoms with Crippen LogP contribution in [0.4, 0.5) is 5.69 Å². The van der Waals surface area contributed by atoms with Crippen LogP contribution in [0.1, 0.15) is 38.7 Å². The van der Waals surface area contributed by atoms with E-state index in [0.717, 1.165) is 29.2 Å². The van der Waals surface area contributed by atoms with Gasteiger partial charge in [0.1, 0.15) is 0 Å². The van der Waals surface area contributed by atoms with Crippen molar-refractivity contribution in [1.29, 1.82) is 0 Å². The number of anilines is 1. The average molecular weight is 267 g/mol. The van der Waals surface area contributed by atoms with Gasteiger partial charge in [0.2, 0.25) is 0 Å². The summed E-state index contributed by atoms with van der Waals surface area (Å²) in [6, 6.07) is 6.62. The van der Waals surface area contributed by atoms with Crippen molar-refractivity contribution in [3.8, 4) is 0 Å². The van der Waals surface area contributed by atoms with E-state index < -0.39 is 0 Å². The third kappa shape index (κ3) is 3.89. The maximum absolute atomic E-state index is 6.25. The molecule has 3 heteroatoms. The van der Waals surface area contributed by atoms with Gasteiger partial charge in [-0.15, -0.1) is 0 Å². The molecule has 1 aliphatic rings. The standard InChI is InChI=1S/C15H23ClN2/c1-11(2)7-8-18(14-5-6-14)10-12-3-4-13(17)9-15(12)16/h3-4,9,11,14H,5-8,10,17H2,1-2H3. The Balaban J connectivity index is 1.99. The summed E-state index contributed by atoms with van der Waals surface area (Å²) in [4.78, 5) is 2.57. The Labute approximate surface area is 115 Å². The number of nitrogens with two attached hydrogens (primary N) is 1. The first-order valence-electron chi connectivity index (χ1n) is 6.84. The van der Waals surface area contributed by atoms with Gasteiger partial charge in [0.15, 0.2) is 0 Å². The van der Waals surface area contributed by atoms with E-state index in [0.29, 0.717) is 0 Å². The molecule has 0 bridgehead atoms. The number of hydrogen-bond acceptors (Lipinski definition) is 2. The molecule has 0 aliphatic heterocycles. The van der Waals surface area contributed by atoms with Gasteiger partial charge in [-0.2, -0.15) is 0 Å². The van der Waals surface area contributed by atoms with E-state index in [2.05, 4.69) is 24.8 Å². The molecule has 2 N–H and O–H groups in total. The van der Waals surface area contributed by atoms with Crippen LogP contribution in [0, 0.1) is 5.92 Å². The first kappa shape index (κ1) is 13.7. The Morgan fingerprint density at radius 1 is 1.39 bits per heavy atom. The molecule has 18 heavy (non-hydrogen) atoms. The molecule has 1 aromatic rings. The summed E-state index contributed by atoms with van der Waals surface area (Å²) in [6.07, 6.45) is 3.93. The lowest BCUT2D eigenvalue weighted by atomic mass is 10.1.